The van der Waals surface area contributed by atoms with E-state index in [0.29, 0.717) is 6.54 Å². The van der Waals surface area contributed by atoms with Gasteiger partial charge in [0, 0.05) is 6.54 Å². The van der Waals surface area contributed by atoms with Crippen LogP contribution in [-0.4, -0.2) is 55.5 Å². The first-order chi connectivity index (χ1) is 8.31. The summed E-state index contributed by atoms with van der Waals surface area (Å²) in [6.45, 7) is 13.3. The lowest BCUT2D eigenvalue weighted by molar-refractivity contribution is -0.142. The van der Waals surface area contributed by atoms with Gasteiger partial charge in [0.25, 0.3) is 0 Å². The Balaban J connectivity index is 4.94. The van der Waals surface area contributed by atoms with Gasteiger partial charge in [0.1, 0.15) is 0 Å². The maximum absolute atomic E-state index is 12.5. The molecule has 0 aromatic rings. The van der Waals surface area contributed by atoms with E-state index >= 15 is 0 Å². The zero-order chi connectivity index (χ0) is 14.2. The highest BCUT2D eigenvalue weighted by molar-refractivity contribution is 6.71. The van der Waals surface area contributed by atoms with Gasteiger partial charge >= 0.3 is 5.97 Å². The Morgan fingerprint density at radius 1 is 1.11 bits per heavy atom. The minimum Gasteiger partial charge on any atom is -0.518 e. The van der Waals surface area contributed by atoms with E-state index in [-0.39, 0.29) is 15.7 Å². The molecule has 9 heteroatoms. The van der Waals surface area contributed by atoms with E-state index in [4.69, 9.17) is 4.43 Å². The van der Waals surface area contributed by atoms with Gasteiger partial charge in [0.2, 0.25) is 8.32 Å². The summed E-state index contributed by atoms with van der Waals surface area (Å²) in [7, 11) is -2.98. The Hall–Kier alpha value is 0.218. The molecular formula is C9H29N3O2Si4. The largest absolute Gasteiger partial charge is 0.518 e. The molecule has 0 radical (unpaired) electrons. The number of nitrogens with one attached hydrogen (secondary N) is 3. The van der Waals surface area contributed by atoms with E-state index in [1.807, 2.05) is 19.6 Å². The fourth-order valence-corrected chi connectivity index (χ4v) is 5.29. The normalized spacial score (nSPS) is 17.2. The quantitative estimate of drug-likeness (QED) is 0.346. The molecule has 0 aliphatic heterocycles. The van der Waals surface area contributed by atoms with Crippen molar-refractivity contribution in [1.29, 1.82) is 0 Å². The molecule has 18 heavy (non-hydrogen) atoms. The Kier molecular flexibility index (Phi) is 8.50. The summed E-state index contributed by atoms with van der Waals surface area (Å²) in [6, 6.07) is 0. The number of carbonyl (C=O) groups is 1. The van der Waals surface area contributed by atoms with E-state index in [1.165, 1.54) is 0 Å². The third kappa shape index (κ3) is 6.40. The molecule has 0 fully saturated rings. The summed E-state index contributed by atoms with van der Waals surface area (Å²) in [6.07, 6.45) is 0. The van der Waals surface area contributed by atoms with Crippen LogP contribution in [0.2, 0.25) is 39.3 Å². The van der Waals surface area contributed by atoms with Gasteiger partial charge in [0.05, 0.1) is 29.0 Å². The average Bonchev–Trinajstić information content (AvgIpc) is 2.24. The lowest BCUT2D eigenvalue weighted by Gasteiger charge is -2.36. The maximum atomic E-state index is 12.5. The molecule has 0 unspecified atom stereocenters. The molecule has 0 aromatic carbocycles. The molecule has 108 valence electrons. The summed E-state index contributed by atoms with van der Waals surface area (Å²) in [5.41, 5.74) is -0.661. The first-order valence-electron chi connectivity index (χ1n) is 6.75. The van der Waals surface area contributed by atoms with Crippen molar-refractivity contribution < 1.29 is 9.22 Å². The molecule has 0 saturated heterocycles. The summed E-state index contributed by atoms with van der Waals surface area (Å²) in [5.74, 6) is -0.111. The fourth-order valence-electron chi connectivity index (χ4n) is 1.69. The number of carbonyl (C=O) groups excluding carboxylic acids is 1. The second-order valence-electron chi connectivity index (χ2n) is 5.25. The van der Waals surface area contributed by atoms with Crippen LogP contribution in [0.15, 0.2) is 0 Å². The van der Waals surface area contributed by atoms with Crippen LogP contribution in [-0.2, 0) is 9.22 Å². The van der Waals surface area contributed by atoms with Gasteiger partial charge in [0.15, 0.2) is 5.66 Å². The van der Waals surface area contributed by atoms with E-state index < -0.39 is 33.3 Å². The molecule has 0 aliphatic rings. The third-order valence-electron chi connectivity index (χ3n) is 2.34. The molecule has 0 heterocycles. The second-order valence-corrected chi connectivity index (χ2v) is 13.0. The summed E-state index contributed by atoms with van der Waals surface area (Å²) in [4.78, 5) is 22.7. The van der Waals surface area contributed by atoms with Gasteiger partial charge in [-0.2, -0.15) is 0 Å². The van der Waals surface area contributed by atoms with Crippen molar-refractivity contribution in [3.8, 4) is 0 Å². The van der Waals surface area contributed by atoms with E-state index in [0.717, 1.165) is 0 Å². The van der Waals surface area contributed by atoms with Crippen LogP contribution in [0.3, 0.4) is 0 Å². The maximum Gasteiger partial charge on any atom is 0.328 e. The van der Waals surface area contributed by atoms with Crippen LogP contribution >= 0.6 is 0 Å². The zero-order valence-electron chi connectivity index (χ0n) is 12.6. The van der Waals surface area contributed by atoms with Crippen LogP contribution in [0.4, 0.5) is 0 Å². The predicted octanol–water partition coefficient (Wildman–Crippen LogP) is -1.77. The van der Waals surface area contributed by atoms with Crippen LogP contribution in [0.1, 0.15) is 0 Å². The third-order valence-corrected chi connectivity index (χ3v) is 5.81. The lowest BCUT2D eigenvalue weighted by Crippen LogP contribution is -2.70. The molecule has 3 N–H and O–H groups in total. The van der Waals surface area contributed by atoms with Gasteiger partial charge in [-0.1, -0.05) is 19.6 Å². The SMILES string of the molecule is C[SiH2]NCC(N[SiH2]C)(N[SiH2]C)C(=O)O[Si](C)(C)C. The number of hydrogen-bond donors (Lipinski definition) is 3. The first-order valence-corrected chi connectivity index (χ1v) is 16.5. The van der Waals surface area contributed by atoms with Crippen molar-refractivity contribution in [2.24, 2.45) is 0 Å². The molecule has 0 rings (SSSR count). The van der Waals surface area contributed by atoms with Crippen molar-refractivity contribution in [2.75, 3.05) is 6.54 Å². The van der Waals surface area contributed by atoms with Crippen molar-refractivity contribution in [3.63, 3.8) is 0 Å². The molecule has 0 aliphatic carbocycles. The van der Waals surface area contributed by atoms with E-state index in [1.54, 1.807) is 0 Å². The summed E-state index contributed by atoms with van der Waals surface area (Å²) < 4.78 is 5.70. The monoisotopic (exact) mass is 323 g/mol. The van der Waals surface area contributed by atoms with E-state index in [2.05, 4.69) is 34.6 Å². The van der Waals surface area contributed by atoms with Crippen LogP contribution in [0.25, 0.3) is 0 Å². The molecular weight excluding hydrogens is 294 g/mol. The number of rotatable bonds is 9. The first kappa shape index (κ1) is 18.2. The Bertz CT molecular complexity index is 255. The van der Waals surface area contributed by atoms with Gasteiger partial charge in [-0.25, -0.2) is 4.79 Å². The molecule has 0 amide bonds. The van der Waals surface area contributed by atoms with Crippen molar-refractivity contribution in [2.45, 2.75) is 44.9 Å². The highest BCUT2D eigenvalue weighted by Crippen LogP contribution is 2.10. The van der Waals surface area contributed by atoms with Crippen LogP contribution < -0.4 is 14.9 Å². The Morgan fingerprint density at radius 3 is 1.94 bits per heavy atom. The van der Waals surface area contributed by atoms with Gasteiger partial charge in [-0.05, 0) is 19.6 Å². The molecule has 0 spiro atoms. The summed E-state index contributed by atoms with van der Waals surface area (Å²) >= 11 is 0. The molecule has 0 saturated carbocycles. The minimum atomic E-state index is -1.84. The Labute approximate surface area is 119 Å². The van der Waals surface area contributed by atoms with Crippen molar-refractivity contribution in [3.05, 3.63) is 0 Å². The van der Waals surface area contributed by atoms with Crippen LogP contribution in [0, 0.1) is 0 Å². The van der Waals surface area contributed by atoms with Crippen molar-refractivity contribution >= 4 is 43.3 Å². The average molecular weight is 324 g/mol. The highest BCUT2D eigenvalue weighted by Gasteiger charge is 2.39. The molecule has 5 nitrogen and oxygen atoms in total. The van der Waals surface area contributed by atoms with Gasteiger partial charge in [-0.15, -0.1) is 0 Å². The van der Waals surface area contributed by atoms with Crippen molar-refractivity contribution in [1.82, 2.24) is 14.9 Å². The molecule has 0 atom stereocenters. The topological polar surface area (TPSA) is 62.4 Å². The standard InChI is InChI=1S/C9H29N3O2Si4/c1-15-10-7-9(11-16-2,12-17-3)8(13)14-18(4,5)6/h10-12H,7,15-17H2,1-6H3. The minimum absolute atomic E-state index is 0.111. The van der Waals surface area contributed by atoms with Crippen LogP contribution in [0.5, 0.6) is 0 Å². The predicted molar refractivity (Wildman–Crippen MR) is 89.7 cm³/mol. The Morgan fingerprint density at radius 2 is 1.61 bits per heavy atom. The van der Waals surface area contributed by atoms with Gasteiger partial charge < -0.3 is 19.4 Å². The zero-order valence-corrected chi connectivity index (χ0v) is 17.9. The molecule has 0 bridgehead atoms. The number of hydrogen-bond acceptors (Lipinski definition) is 5. The summed E-state index contributed by atoms with van der Waals surface area (Å²) in [5, 5.41) is 0. The second kappa shape index (κ2) is 8.40. The highest BCUT2D eigenvalue weighted by atomic mass is 28.4. The smallest absolute Gasteiger partial charge is 0.328 e. The fraction of sp³-hybridized carbons (Fsp3) is 0.889. The lowest BCUT2D eigenvalue weighted by atomic mass is 10.2. The van der Waals surface area contributed by atoms with E-state index in [9.17, 15) is 4.79 Å². The van der Waals surface area contributed by atoms with Gasteiger partial charge in [-0.3, -0.25) is 0 Å². The molecule has 0 aromatic heterocycles.